The van der Waals surface area contributed by atoms with E-state index in [1.165, 1.54) is 37.4 Å². The lowest BCUT2D eigenvalue weighted by atomic mass is 10.1. The lowest BCUT2D eigenvalue weighted by Crippen LogP contribution is -2.37. The van der Waals surface area contributed by atoms with Gasteiger partial charge in [-0.25, -0.2) is 0 Å². The van der Waals surface area contributed by atoms with Crippen molar-refractivity contribution < 1.29 is 27.9 Å². The number of carbonyl (C=O) groups is 3. The van der Waals surface area contributed by atoms with Crippen molar-refractivity contribution in [2.45, 2.75) is 26.3 Å². The summed E-state index contributed by atoms with van der Waals surface area (Å²) in [6, 6.07) is 16.1. The standard InChI is InChI=1S/C26H24ClF2N3O4/c1-15-4-7-17(8-5-15)31-24(34)20-13-18(9-11-22(20)36-3)32-23(33)19-12-16(6-10-21(19)27)14-30-25(35)26(2,28)29/h4-13H,14H2,1-3H3,(H,30,35)(H,31,34)(H,32,33). The van der Waals surface area contributed by atoms with E-state index >= 15 is 0 Å². The van der Waals surface area contributed by atoms with E-state index in [-0.39, 0.29) is 22.7 Å². The van der Waals surface area contributed by atoms with Crippen LogP contribution < -0.4 is 20.7 Å². The predicted molar refractivity (Wildman–Crippen MR) is 134 cm³/mol. The molecule has 0 heterocycles. The van der Waals surface area contributed by atoms with Gasteiger partial charge in [0.15, 0.2) is 0 Å². The quantitative estimate of drug-likeness (QED) is 0.372. The summed E-state index contributed by atoms with van der Waals surface area (Å²) < 4.78 is 31.4. The Morgan fingerprint density at radius 1 is 0.889 bits per heavy atom. The maximum absolute atomic E-state index is 13.1. The zero-order valence-electron chi connectivity index (χ0n) is 19.7. The molecule has 10 heteroatoms. The molecule has 0 radical (unpaired) electrons. The lowest BCUT2D eigenvalue weighted by molar-refractivity contribution is -0.143. The number of carbonyl (C=O) groups excluding carboxylic acids is 3. The predicted octanol–water partition coefficient (Wildman–Crippen LogP) is 5.43. The van der Waals surface area contributed by atoms with Crippen molar-refractivity contribution in [1.29, 1.82) is 0 Å². The fraction of sp³-hybridized carbons (Fsp3) is 0.192. The van der Waals surface area contributed by atoms with Crippen molar-refractivity contribution in [2.24, 2.45) is 0 Å². The van der Waals surface area contributed by atoms with E-state index in [9.17, 15) is 23.2 Å². The summed E-state index contributed by atoms with van der Waals surface area (Å²) in [5, 5.41) is 7.68. The van der Waals surface area contributed by atoms with Gasteiger partial charge in [0.25, 0.3) is 17.7 Å². The van der Waals surface area contributed by atoms with E-state index in [1.807, 2.05) is 19.1 Å². The molecular weight excluding hydrogens is 492 g/mol. The second-order valence-electron chi connectivity index (χ2n) is 8.07. The first-order chi connectivity index (χ1) is 17.0. The summed E-state index contributed by atoms with van der Waals surface area (Å²) in [6.07, 6.45) is 0. The number of ether oxygens (including phenoxy) is 1. The fourth-order valence-electron chi connectivity index (χ4n) is 3.19. The zero-order chi connectivity index (χ0) is 26.5. The number of rotatable bonds is 8. The zero-order valence-corrected chi connectivity index (χ0v) is 20.5. The Bertz CT molecular complexity index is 1290. The van der Waals surface area contributed by atoms with Gasteiger partial charge in [-0.05, 0) is 55.0 Å². The second kappa shape index (κ2) is 11.2. The third kappa shape index (κ3) is 6.79. The van der Waals surface area contributed by atoms with Crippen LogP contribution in [-0.2, 0) is 11.3 Å². The molecule has 188 valence electrons. The largest absolute Gasteiger partial charge is 0.496 e. The van der Waals surface area contributed by atoms with E-state index in [0.29, 0.717) is 29.6 Å². The van der Waals surface area contributed by atoms with Gasteiger partial charge in [-0.15, -0.1) is 0 Å². The Hall–Kier alpha value is -3.98. The van der Waals surface area contributed by atoms with Crippen molar-refractivity contribution in [3.63, 3.8) is 0 Å². The van der Waals surface area contributed by atoms with Crippen LogP contribution in [0.5, 0.6) is 5.75 Å². The van der Waals surface area contributed by atoms with Crippen molar-refractivity contribution in [3.8, 4) is 5.75 Å². The third-order valence-corrected chi connectivity index (χ3v) is 5.47. The summed E-state index contributed by atoms with van der Waals surface area (Å²) in [7, 11) is 1.43. The molecule has 3 rings (SSSR count). The third-order valence-electron chi connectivity index (χ3n) is 5.14. The van der Waals surface area contributed by atoms with Gasteiger partial charge in [-0.2, -0.15) is 8.78 Å². The first-order valence-electron chi connectivity index (χ1n) is 10.8. The molecule has 3 aromatic rings. The molecule has 3 N–H and O–H groups in total. The van der Waals surface area contributed by atoms with Crippen LogP contribution in [0.1, 0.15) is 38.8 Å². The van der Waals surface area contributed by atoms with Gasteiger partial charge in [-0.3, -0.25) is 14.4 Å². The monoisotopic (exact) mass is 515 g/mol. The normalized spacial score (nSPS) is 10.9. The molecule has 3 aromatic carbocycles. The molecule has 0 fully saturated rings. The molecule has 0 spiro atoms. The van der Waals surface area contributed by atoms with Gasteiger partial charge >= 0.3 is 5.92 Å². The summed E-state index contributed by atoms with van der Waals surface area (Å²) in [6.45, 7) is 2.21. The van der Waals surface area contributed by atoms with Crippen LogP contribution >= 0.6 is 11.6 Å². The van der Waals surface area contributed by atoms with Gasteiger partial charge in [0.1, 0.15) is 5.75 Å². The molecule has 7 nitrogen and oxygen atoms in total. The van der Waals surface area contributed by atoms with E-state index in [2.05, 4.69) is 16.0 Å². The molecule has 0 bridgehead atoms. The Balaban J connectivity index is 1.77. The minimum Gasteiger partial charge on any atom is -0.496 e. The topological polar surface area (TPSA) is 96.5 Å². The van der Waals surface area contributed by atoms with Gasteiger partial charge in [0.05, 0.1) is 23.3 Å². The molecule has 0 saturated heterocycles. The van der Waals surface area contributed by atoms with Gasteiger partial charge in [0.2, 0.25) is 0 Å². The van der Waals surface area contributed by atoms with Crippen LogP contribution in [-0.4, -0.2) is 30.8 Å². The number of halogens is 3. The van der Waals surface area contributed by atoms with Crippen LogP contribution in [0.3, 0.4) is 0 Å². The Kier molecular flexibility index (Phi) is 8.26. The molecule has 0 aliphatic rings. The van der Waals surface area contributed by atoms with Crippen molar-refractivity contribution >= 4 is 40.7 Å². The highest BCUT2D eigenvalue weighted by molar-refractivity contribution is 6.34. The van der Waals surface area contributed by atoms with Gasteiger partial charge in [-0.1, -0.05) is 35.4 Å². The molecule has 0 aromatic heterocycles. The number of methoxy groups -OCH3 is 1. The number of aryl methyl sites for hydroxylation is 1. The van der Waals surface area contributed by atoms with Crippen molar-refractivity contribution in [2.75, 3.05) is 17.7 Å². The molecule has 0 unspecified atom stereocenters. The highest BCUT2D eigenvalue weighted by atomic mass is 35.5. The number of amides is 3. The molecule has 3 amide bonds. The van der Waals surface area contributed by atoms with E-state index in [0.717, 1.165) is 5.56 Å². The highest BCUT2D eigenvalue weighted by Crippen LogP contribution is 2.26. The Morgan fingerprint density at radius 2 is 1.50 bits per heavy atom. The number of alkyl halides is 2. The summed E-state index contributed by atoms with van der Waals surface area (Å²) >= 11 is 6.17. The molecule has 0 atom stereocenters. The van der Waals surface area contributed by atoms with Gasteiger partial charge in [0, 0.05) is 24.8 Å². The molecule has 0 aliphatic carbocycles. The van der Waals surface area contributed by atoms with Crippen LogP contribution in [0, 0.1) is 6.92 Å². The maximum atomic E-state index is 13.1. The van der Waals surface area contributed by atoms with E-state index < -0.39 is 23.6 Å². The van der Waals surface area contributed by atoms with E-state index in [4.69, 9.17) is 16.3 Å². The molecule has 0 aliphatic heterocycles. The van der Waals surface area contributed by atoms with E-state index in [1.54, 1.807) is 18.2 Å². The second-order valence-corrected chi connectivity index (χ2v) is 8.48. The minimum absolute atomic E-state index is 0.0631. The Labute approximate surface area is 211 Å². The highest BCUT2D eigenvalue weighted by Gasteiger charge is 2.31. The molecule has 0 saturated carbocycles. The van der Waals surface area contributed by atoms with Crippen LogP contribution in [0.25, 0.3) is 0 Å². The average Bonchev–Trinajstić information content (AvgIpc) is 2.84. The lowest BCUT2D eigenvalue weighted by Gasteiger charge is -2.14. The van der Waals surface area contributed by atoms with Gasteiger partial charge < -0.3 is 20.7 Å². The summed E-state index contributed by atoms with van der Waals surface area (Å²) in [4.78, 5) is 37.2. The number of nitrogens with one attached hydrogen (secondary N) is 3. The number of anilines is 2. The summed E-state index contributed by atoms with van der Waals surface area (Å²) in [5.41, 5.74) is 2.60. The van der Waals surface area contributed by atoms with Crippen LogP contribution in [0.4, 0.5) is 20.2 Å². The maximum Gasteiger partial charge on any atom is 0.321 e. The average molecular weight is 516 g/mol. The summed E-state index contributed by atoms with van der Waals surface area (Å²) in [5.74, 6) is -5.68. The number of benzene rings is 3. The van der Waals surface area contributed by atoms with Crippen LogP contribution in [0.15, 0.2) is 60.7 Å². The first-order valence-corrected chi connectivity index (χ1v) is 11.2. The van der Waals surface area contributed by atoms with Crippen molar-refractivity contribution in [1.82, 2.24) is 5.32 Å². The molecule has 36 heavy (non-hydrogen) atoms. The minimum atomic E-state index is -3.52. The molecular formula is C26H24ClF2N3O4. The van der Waals surface area contributed by atoms with Crippen LogP contribution in [0.2, 0.25) is 5.02 Å². The number of hydrogen-bond donors (Lipinski definition) is 3. The Morgan fingerprint density at radius 3 is 2.14 bits per heavy atom. The first kappa shape index (κ1) is 26.6. The fourth-order valence-corrected chi connectivity index (χ4v) is 3.39. The number of hydrogen-bond acceptors (Lipinski definition) is 4. The van der Waals surface area contributed by atoms with Crippen molar-refractivity contribution in [3.05, 3.63) is 87.9 Å². The SMILES string of the molecule is COc1ccc(NC(=O)c2cc(CNC(=O)C(C)(F)F)ccc2Cl)cc1C(=O)Nc1ccc(C)cc1. The smallest absolute Gasteiger partial charge is 0.321 e.